The first-order chi connectivity index (χ1) is 16.3. The number of carbonyl (C=O) groups excluding carboxylic acids is 1. The van der Waals surface area contributed by atoms with Gasteiger partial charge in [0.2, 0.25) is 0 Å². The Labute approximate surface area is 203 Å². The Kier molecular flexibility index (Phi) is 7.25. The van der Waals surface area contributed by atoms with Crippen LogP contribution in [0.5, 0.6) is 11.5 Å². The number of amides is 1. The lowest BCUT2D eigenvalue weighted by atomic mass is 10.0. The van der Waals surface area contributed by atoms with Crippen LogP contribution in [0.15, 0.2) is 41.2 Å². The summed E-state index contributed by atoms with van der Waals surface area (Å²) in [7, 11) is 0.389. The van der Waals surface area contributed by atoms with Gasteiger partial charge in [-0.3, -0.25) is 9.52 Å². The second-order valence-electron chi connectivity index (χ2n) is 8.71. The van der Waals surface area contributed by atoms with E-state index in [1.54, 1.807) is 68.9 Å². The monoisotopic (exact) mass is 504 g/mol. The molecule has 188 valence electrons. The molecular formula is C23H28N4O7S. The molecule has 12 heteroatoms. The molecule has 3 rings (SSSR count). The van der Waals surface area contributed by atoms with Crippen LogP contribution in [0.4, 0.5) is 10.5 Å². The van der Waals surface area contributed by atoms with Gasteiger partial charge in [-0.2, -0.15) is 13.5 Å². The van der Waals surface area contributed by atoms with E-state index in [9.17, 15) is 18.0 Å². The van der Waals surface area contributed by atoms with Crippen molar-refractivity contribution in [1.82, 2.24) is 14.5 Å². The molecule has 0 fully saturated rings. The zero-order valence-electron chi connectivity index (χ0n) is 20.3. The summed E-state index contributed by atoms with van der Waals surface area (Å²) < 4.78 is 45.4. The van der Waals surface area contributed by atoms with Crippen LogP contribution in [-0.2, 0) is 28.4 Å². The highest BCUT2D eigenvalue weighted by molar-refractivity contribution is 7.91. The van der Waals surface area contributed by atoms with E-state index in [-0.39, 0.29) is 11.2 Å². The largest absolute Gasteiger partial charge is 0.493 e. The predicted molar refractivity (Wildman–Crippen MR) is 131 cm³/mol. The summed E-state index contributed by atoms with van der Waals surface area (Å²) in [6.45, 7) is 4.88. The van der Waals surface area contributed by atoms with Gasteiger partial charge in [0, 0.05) is 18.9 Å². The third-order valence-electron chi connectivity index (χ3n) is 4.82. The van der Waals surface area contributed by atoms with Crippen molar-refractivity contribution in [2.45, 2.75) is 32.8 Å². The first-order valence-corrected chi connectivity index (χ1v) is 12.0. The lowest BCUT2D eigenvalue weighted by Crippen LogP contribution is -2.39. The summed E-state index contributed by atoms with van der Waals surface area (Å²) in [4.78, 5) is 24.4. The predicted octanol–water partition coefficient (Wildman–Crippen LogP) is 2.72. The second-order valence-corrected chi connectivity index (χ2v) is 10.1. The number of aromatic nitrogens is 2. The van der Waals surface area contributed by atoms with Crippen molar-refractivity contribution in [1.29, 1.82) is 0 Å². The normalized spacial score (nSPS) is 11.7. The van der Waals surface area contributed by atoms with Gasteiger partial charge in [-0.25, -0.2) is 14.2 Å². The number of methoxy groups -OCH3 is 2. The number of anilines is 1. The Bertz CT molecular complexity index is 1410. The Balaban J connectivity index is 1.83. The van der Waals surface area contributed by atoms with E-state index in [0.29, 0.717) is 34.4 Å². The van der Waals surface area contributed by atoms with E-state index in [0.717, 1.165) is 5.56 Å². The van der Waals surface area contributed by atoms with Crippen molar-refractivity contribution in [3.05, 3.63) is 58.0 Å². The van der Waals surface area contributed by atoms with E-state index in [4.69, 9.17) is 14.2 Å². The molecule has 35 heavy (non-hydrogen) atoms. The zero-order chi connectivity index (χ0) is 26.0. The fraction of sp³-hybridized carbons (Fsp3) is 0.348. The SMILES string of the molecule is COc1cc2c(Cc3ccc(NS(=O)(=O)NC(=O)OC(C)(C)C)cc3)nn(C)c(=O)c2cc1OC. The van der Waals surface area contributed by atoms with Crippen LogP contribution in [0.2, 0.25) is 0 Å². The number of benzene rings is 2. The van der Waals surface area contributed by atoms with Gasteiger partial charge in [-0.05, 0) is 50.6 Å². The standard InChI is InChI=1S/C23H28N4O7S/c1-23(2,3)34-22(29)26-35(30,31)25-15-9-7-14(8-10-15)11-18-16-12-19(32-5)20(33-6)13-17(16)21(28)27(4)24-18/h7-10,12-13,25H,11H2,1-6H3,(H,26,29). The minimum absolute atomic E-state index is 0.245. The molecule has 0 unspecified atom stereocenters. The van der Waals surface area contributed by atoms with Crippen molar-refractivity contribution in [2.24, 2.45) is 7.05 Å². The van der Waals surface area contributed by atoms with Gasteiger partial charge in [0.25, 0.3) is 5.56 Å². The van der Waals surface area contributed by atoms with Crippen LogP contribution in [0, 0.1) is 0 Å². The Morgan fingerprint density at radius 2 is 1.60 bits per heavy atom. The number of nitrogens with one attached hydrogen (secondary N) is 2. The van der Waals surface area contributed by atoms with Crippen molar-refractivity contribution >= 4 is 32.8 Å². The minimum atomic E-state index is -4.18. The maximum atomic E-state index is 12.6. The van der Waals surface area contributed by atoms with Crippen molar-refractivity contribution in [3.8, 4) is 11.5 Å². The molecule has 1 heterocycles. The molecule has 0 bridgehead atoms. The first-order valence-electron chi connectivity index (χ1n) is 10.6. The Morgan fingerprint density at radius 3 is 2.14 bits per heavy atom. The smallest absolute Gasteiger partial charge is 0.422 e. The third-order valence-corrected chi connectivity index (χ3v) is 5.76. The molecule has 11 nitrogen and oxygen atoms in total. The van der Waals surface area contributed by atoms with E-state index in [2.05, 4.69) is 9.82 Å². The number of fused-ring (bicyclic) bond motifs is 1. The summed E-state index contributed by atoms with van der Waals surface area (Å²) >= 11 is 0. The molecule has 0 saturated heterocycles. The maximum absolute atomic E-state index is 12.6. The molecule has 0 aliphatic carbocycles. The van der Waals surface area contributed by atoms with Gasteiger partial charge in [-0.1, -0.05) is 12.1 Å². The molecule has 0 aliphatic heterocycles. The molecule has 1 aromatic heterocycles. The van der Waals surface area contributed by atoms with Crippen LogP contribution < -0.4 is 24.5 Å². The second kappa shape index (κ2) is 9.82. The van der Waals surface area contributed by atoms with Crippen LogP contribution in [0.3, 0.4) is 0 Å². The first kappa shape index (κ1) is 25.8. The Hall–Kier alpha value is -3.80. The highest BCUT2D eigenvalue weighted by Crippen LogP contribution is 2.32. The summed E-state index contributed by atoms with van der Waals surface area (Å²) in [5, 5.41) is 5.47. The van der Waals surface area contributed by atoms with Crippen LogP contribution >= 0.6 is 0 Å². The maximum Gasteiger partial charge on any atom is 0.422 e. The summed E-state index contributed by atoms with van der Waals surface area (Å²) in [6.07, 6.45) is -0.718. The van der Waals surface area contributed by atoms with E-state index in [1.165, 1.54) is 18.9 Å². The highest BCUT2D eigenvalue weighted by Gasteiger charge is 2.21. The summed E-state index contributed by atoms with van der Waals surface area (Å²) in [5.41, 5.74) is 0.579. The molecular weight excluding hydrogens is 476 g/mol. The van der Waals surface area contributed by atoms with Crippen LogP contribution in [0.25, 0.3) is 10.8 Å². The van der Waals surface area contributed by atoms with E-state index < -0.39 is 21.9 Å². The van der Waals surface area contributed by atoms with Gasteiger partial charge in [0.05, 0.1) is 31.0 Å². The number of hydrogen-bond acceptors (Lipinski definition) is 8. The van der Waals surface area contributed by atoms with E-state index in [1.807, 2.05) is 0 Å². The lowest BCUT2D eigenvalue weighted by Gasteiger charge is -2.19. The molecule has 0 spiro atoms. The summed E-state index contributed by atoms with van der Waals surface area (Å²) in [5.74, 6) is 0.907. The molecule has 2 N–H and O–H groups in total. The quantitative estimate of drug-likeness (QED) is 0.501. The number of aryl methyl sites for hydroxylation is 1. The van der Waals surface area contributed by atoms with Gasteiger partial charge < -0.3 is 14.2 Å². The molecule has 2 aromatic carbocycles. The highest BCUT2D eigenvalue weighted by atomic mass is 32.2. The third kappa shape index (κ3) is 6.41. The van der Waals surface area contributed by atoms with Gasteiger partial charge in [-0.15, -0.1) is 0 Å². The average Bonchev–Trinajstić information content (AvgIpc) is 2.75. The zero-order valence-corrected chi connectivity index (χ0v) is 21.1. The van der Waals surface area contributed by atoms with Crippen LogP contribution in [0.1, 0.15) is 32.0 Å². The van der Waals surface area contributed by atoms with Gasteiger partial charge >= 0.3 is 16.3 Å². The average molecular weight is 505 g/mol. The van der Waals surface area contributed by atoms with Gasteiger partial charge in [0.15, 0.2) is 11.5 Å². The summed E-state index contributed by atoms with van der Waals surface area (Å²) in [6, 6.07) is 9.87. The minimum Gasteiger partial charge on any atom is -0.493 e. The topological polar surface area (TPSA) is 138 Å². The van der Waals surface area contributed by atoms with Gasteiger partial charge in [0.1, 0.15) is 5.60 Å². The molecule has 0 aliphatic rings. The van der Waals surface area contributed by atoms with Crippen molar-refractivity contribution < 1.29 is 27.4 Å². The van der Waals surface area contributed by atoms with E-state index >= 15 is 0 Å². The molecule has 0 atom stereocenters. The molecule has 3 aromatic rings. The van der Waals surface area contributed by atoms with Crippen molar-refractivity contribution in [2.75, 3.05) is 18.9 Å². The number of hydrogen-bond donors (Lipinski definition) is 2. The molecule has 0 saturated carbocycles. The Morgan fingerprint density at radius 1 is 1.03 bits per heavy atom. The molecule has 0 radical (unpaired) electrons. The lowest BCUT2D eigenvalue weighted by molar-refractivity contribution is 0.0570. The number of rotatable bonds is 7. The number of carbonyl (C=O) groups is 1. The number of ether oxygens (including phenoxy) is 3. The fourth-order valence-electron chi connectivity index (χ4n) is 3.35. The fourth-order valence-corrected chi connectivity index (χ4v) is 4.11. The molecule has 1 amide bonds. The number of nitrogens with zero attached hydrogens (tertiary/aromatic N) is 2. The van der Waals surface area contributed by atoms with Crippen LogP contribution in [-0.4, -0.2) is 44.1 Å². The van der Waals surface area contributed by atoms with Crippen molar-refractivity contribution in [3.63, 3.8) is 0 Å².